The molecule has 0 saturated carbocycles. The quantitative estimate of drug-likeness (QED) is 0.168. The SMILES string of the molecule is c1ccc(-c2nc(-c3ccccc3)nc(-c3ccc(-n4c5cccc(-n6c7ccccc7c7ccccc76)c5c5cccc(-n6c7ccccc7c7ccccc76)c54)cc3)n2)cc1. The van der Waals surface area contributed by atoms with Gasteiger partial charge in [0, 0.05) is 54.7 Å². The van der Waals surface area contributed by atoms with Gasteiger partial charge in [0.15, 0.2) is 17.5 Å². The minimum Gasteiger partial charge on any atom is -0.309 e. The number of para-hydroxylation sites is 5. The summed E-state index contributed by atoms with van der Waals surface area (Å²) in [5, 5.41) is 7.28. The van der Waals surface area contributed by atoms with E-state index in [0.717, 1.165) is 44.8 Å². The largest absolute Gasteiger partial charge is 0.309 e. The van der Waals surface area contributed by atoms with E-state index in [2.05, 4.69) is 171 Å². The number of nitrogens with zero attached hydrogens (tertiary/aromatic N) is 6. The summed E-state index contributed by atoms with van der Waals surface area (Å²) in [5.74, 6) is 1.90. The molecule has 0 aliphatic heterocycles. The fourth-order valence-corrected chi connectivity index (χ4v) is 9.78. The van der Waals surface area contributed by atoms with Gasteiger partial charge in [-0.1, -0.05) is 152 Å². The Labute approximate surface area is 362 Å². The summed E-state index contributed by atoms with van der Waals surface area (Å²) in [7, 11) is 0. The Morgan fingerprint density at radius 2 is 0.619 bits per heavy atom. The summed E-state index contributed by atoms with van der Waals surface area (Å²) in [6.07, 6.45) is 0. The molecule has 0 bridgehead atoms. The third kappa shape index (κ3) is 5.41. The van der Waals surface area contributed by atoms with Crippen molar-refractivity contribution >= 4 is 65.4 Å². The van der Waals surface area contributed by atoms with Crippen LogP contribution in [0.1, 0.15) is 0 Å². The average Bonchev–Trinajstić information content (AvgIpc) is 4.01. The van der Waals surface area contributed by atoms with E-state index in [9.17, 15) is 0 Å². The molecule has 0 spiro atoms. The van der Waals surface area contributed by atoms with Crippen molar-refractivity contribution in [1.82, 2.24) is 28.7 Å². The topological polar surface area (TPSA) is 53.5 Å². The molecule has 0 saturated heterocycles. The molecule has 4 aromatic heterocycles. The molecule has 294 valence electrons. The van der Waals surface area contributed by atoms with Crippen LogP contribution in [0.25, 0.3) is 117 Å². The summed E-state index contributed by atoms with van der Waals surface area (Å²) < 4.78 is 7.34. The third-order valence-corrected chi connectivity index (χ3v) is 12.5. The number of hydrogen-bond acceptors (Lipinski definition) is 3. The highest BCUT2D eigenvalue weighted by Gasteiger charge is 2.24. The van der Waals surface area contributed by atoms with Crippen molar-refractivity contribution in [3.05, 3.63) is 218 Å². The predicted molar refractivity (Wildman–Crippen MR) is 259 cm³/mol. The molecule has 0 aliphatic carbocycles. The first-order chi connectivity index (χ1) is 31.3. The Bertz CT molecular complexity index is 3730. The van der Waals surface area contributed by atoms with Crippen molar-refractivity contribution in [3.8, 4) is 51.2 Å². The zero-order valence-electron chi connectivity index (χ0n) is 34.0. The van der Waals surface area contributed by atoms with Gasteiger partial charge in [0.25, 0.3) is 0 Å². The second-order valence-electron chi connectivity index (χ2n) is 16.0. The highest BCUT2D eigenvalue weighted by Crippen LogP contribution is 2.43. The number of hydrogen-bond donors (Lipinski definition) is 0. The van der Waals surface area contributed by atoms with Crippen LogP contribution >= 0.6 is 0 Å². The molecule has 0 fully saturated rings. The van der Waals surface area contributed by atoms with Crippen molar-refractivity contribution < 1.29 is 0 Å². The van der Waals surface area contributed by atoms with E-state index < -0.39 is 0 Å². The van der Waals surface area contributed by atoms with Crippen LogP contribution in [0.4, 0.5) is 0 Å². The molecule has 0 amide bonds. The lowest BCUT2D eigenvalue weighted by atomic mass is 10.1. The molecule has 0 aliphatic rings. The van der Waals surface area contributed by atoms with Crippen LogP contribution in [0.3, 0.4) is 0 Å². The second kappa shape index (κ2) is 14.0. The Morgan fingerprint density at radius 3 is 1.11 bits per heavy atom. The Kier molecular flexibility index (Phi) is 7.80. The van der Waals surface area contributed by atoms with Gasteiger partial charge in [0.1, 0.15) is 0 Å². The van der Waals surface area contributed by atoms with E-state index in [1.807, 2.05) is 60.7 Å². The molecular weight excluding hydrogens is 769 g/mol. The van der Waals surface area contributed by atoms with Crippen molar-refractivity contribution in [3.63, 3.8) is 0 Å². The number of benzene rings is 9. The highest BCUT2D eigenvalue weighted by atomic mass is 15.1. The molecule has 6 nitrogen and oxygen atoms in total. The molecule has 63 heavy (non-hydrogen) atoms. The lowest BCUT2D eigenvalue weighted by Gasteiger charge is -2.15. The van der Waals surface area contributed by atoms with Crippen LogP contribution in [0.15, 0.2) is 218 Å². The van der Waals surface area contributed by atoms with Gasteiger partial charge >= 0.3 is 0 Å². The third-order valence-electron chi connectivity index (χ3n) is 12.5. The second-order valence-corrected chi connectivity index (χ2v) is 16.0. The zero-order valence-corrected chi connectivity index (χ0v) is 34.0. The van der Waals surface area contributed by atoms with Crippen LogP contribution in [0.2, 0.25) is 0 Å². The van der Waals surface area contributed by atoms with Crippen molar-refractivity contribution in [2.45, 2.75) is 0 Å². The van der Waals surface area contributed by atoms with Gasteiger partial charge in [0.05, 0.1) is 44.5 Å². The molecule has 0 N–H and O–H groups in total. The van der Waals surface area contributed by atoms with Crippen LogP contribution in [-0.2, 0) is 0 Å². The van der Waals surface area contributed by atoms with E-state index in [4.69, 9.17) is 15.0 Å². The summed E-state index contributed by atoms with van der Waals surface area (Å²) >= 11 is 0. The predicted octanol–water partition coefficient (Wildman–Crippen LogP) is 14.2. The molecule has 0 unspecified atom stereocenters. The van der Waals surface area contributed by atoms with Gasteiger partial charge in [-0.05, 0) is 66.7 Å². The lowest BCUT2D eigenvalue weighted by Crippen LogP contribution is -2.02. The van der Waals surface area contributed by atoms with E-state index >= 15 is 0 Å². The molecule has 0 atom stereocenters. The van der Waals surface area contributed by atoms with Crippen LogP contribution in [0, 0.1) is 0 Å². The zero-order chi connectivity index (χ0) is 41.4. The van der Waals surface area contributed by atoms with Crippen molar-refractivity contribution in [2.24, 2.45) is 0 Å². The first kappa shape index (κ1) is 35.2. The van der Waals surface area contributed by atoms with Gasteiger partial charge in [-0.15, -0.1) is 0 Å². The standard InChI is InChI=1S/C57H36N6/c1-3-17-37(18-4-1)55-58-56(38-19-5-2-6-20-38)60-57(59-55)39-33-35-40(36-34-39)61-50-30-16-31-51(62-46-26-11-7-21-41(46)42-22-8-12-27-47(42)62)53(50)45-25-15-32-52(54(45)61)63-48-28-13-9-23-43(48)44-24-10-14-29-49(44)63/h1-36H. The maximum absolute atomic E-state index is 5.05. The molecule has 4 heterocycles. The molecule has 0 radical (unpaired) electrons. The smallest absolute Gasteiger partial charge is 0.164 e. The van der Waals surface area contributed by atoms with E-state index in [1.54, 1.807) is 0 Å². The van der Waals surface area contributed by atoms with Gasteiger partial charge in [-0.2, -0.15) is 0 Å². The minimum atomic E-state index is 0.621. The Balaban J connectivity index is 1.09. The normalized spacial score (nSPS) is 11.8. The van der Waals surface area contributed by atoms with Gasteiger partial charge in [-0.3, -0.25) is 0 Å². The van der Waals surface area contributed by atoms with Gasteiger partial charge < -0.3 is 13.7 Å². The van der Waals surface area contributed by atoms with Crippen LogP contribution in [0.5, 0.6) is 0 Å². The average molecular weight is 805 g/mol. The van der Waals surface area contributed by atoms with Crippen molar-refractivity contribution in [1.29, 1.82) is 0 Å². The Hall–Kier alpha value is -8.61. The maximum atomic E-state index is 5.05. The summed E-state index contributed by atoms with van der Waals surface area (Å²) in [6.45, 7) is 0. The fourth-order valence-electron chi connectivity index (χ4n) is 9.78. The summed E-state index contributed by atoms with van der Waals surface area (Å²) in [4.78, 5) is 15.0. The van der Waals surface area contributed by atoms with Gasteiger partial charge in [0.2, 0.25) is 0 Å². The summed E-state index contributed by atoms with van der Waals surface area (Å²) in [5.41, 5.74) is 13.0. The van der Waals surface area contributed by atoms with Gasteiger partial charge in [-0.25, -0.2) is 15.0 Å². The van der Waals surface area contributed by atoms with E-state index in [0.29, 0.717) is 17.5 Å². The minimum absolute atomic E-state index is 0.621. The first-order valence-electron chi connectivity index (χ1n) is 21.3. The molecule has 13 rings (SSSR count). The first-order valence-corrected chi connectivity index (χ1v) is 21.3. The fraction of sp³-hybridized carbons (Fsp3) is 0. The van der Waals surface area contributed by atoms with Crippen LogP contribution < -0.4 is 0 Å². The summed E-state index contributed by atoms with van der Waals surface area (Å²) in [6, 6.07) is 77.5. The van der Waals surface area contributed by atoms with Crippen LogP contribution in [-0.4, -0.2) is 28.7 Å². The highest BCUT2D eigenvalue weighted by molar-refractivity contribution is 6.19. The Morgan fingerprint density at radius 1 is 0.254 bits per heavy atom. The number of rotatable bonds is 6. The maximum Gasteiger partial charge on any atom is 0.164 e. The lowest BCUT2D eigenvalue weighted by molar-refractivity contribution is 1.07. The molecule has 9 aromatic carbocycles. The molecule has 13 aromatic rings. The van der Waals surface area contributed by atoms with E-state index in [1.165, 1.54) is 54.4 Å². The monoisotopic (exact) mass is 804 g/mol. The number of aromatic nitrogens is 6. The molecular formula is C57H36N6. The number of fused-ring (bicyclic) bond motifs is 9. The van der Waals surface area contributed by atoms with Crippen molar-refractivity contribution in [2.75, 3.05) is 0 Å². The molecule has 6 heteroatoms. The van der Waals surface area contributed by atoms with E-state index in [-0.39, 0.29) is 0 Å².